The smallest absolute Gasteiger partial charge is 0.268 e. The molecule has 12 heteroatoms. The third-order valence-corrected chi connectivity index (χ3v) is 11.7. The highest BCUT2D eigenvalue weighted by Gasteiger charge is 2.45. The van der Waals surface area contributed by atoms with Gasteiger partial charge in [0, 0.05) is 71.7 Å². The van der Waals surface area contributed by atoms with Crippen LogP contribution in [0.4, 0.5) is 31.7 Å². The molecule has 3 aliphatic heterocycles. The highest BCUT2D eigenvalue weighted by Crippen LogP contribution is 2.45. The molecule has 0 atom stereocenters. The number of carbonyl (C=O) groups excluding carboxylic acids is 3. The molecule has 0 unspecified atom stereocenters. The summed E-state index contributed by atoms with van der Waals surface area (Å²) in [5.74, 6) is -1.92. The second kappa shape index (κ2) is 13.8. The van der Waals surface area contributed by atoms with Crippen LogP contribution in [0.25, 0.3) is 10.4 Å². The van der Waals surface area contributed by atoms with Crippen molar-refractivity contribution in [3.63, 3.8) is 0 Å². The molecular weight excluding hydrogens is 697 g/mol. The lowest BCUT2D eigenvalue weighted by Gasteiger charge is -2.53. The van der Waals surface area contributed by atoms with Gasteiger partial charge in [0.05, 0.1) is 16.9 Å². The van der Waals surface area contributed by atoms with Gasteiger partial charge in [-0.25, -0.2) is 13.8 Å². The zero-order valence-electron chi connectivity index (χ0n) is 29.3. The summed E-state index contributed by atoms with van der Waals surface area (Å²) in [5, 5.41) is 5.52. The maximum atomic E-state index is 16.0. The Morgan fingerprint density at radius 3 is 2.42 bits per heavy atom. The van der Waals surface area contributed by atoms with Crippen LogP contribution in [-0.4, -0.2) is 55.6 Å². The number of anilines is 4. The SMILES string of the molecule is Cc1cnc(N2CC3(CCOCC3)C2)c(C(=O)Nc2ccc(C(=O)N3CCc4c(sc(C(=O)Nc5c(C)cccc5F)c4F)-c4ccccc43)cc2)c1. The molecule has 0 radical (unpaired) electrons. The Morgan fingerprint density at radius 1 is 0.906 bits per heavy atom. The number of pyridine rings is 1. The zero-order valence-corrected chi connectivity index (χ0v) is 30.1. The number of hydrogen-bond acceptors (Lipinski definition) is 7. The van der Waals surface area contributed by atoms with Crippen LogP contribution >= 0.6 is 11.3 Å². The number of benzene rings is 3. The van der Waals surface area contributed by atoms with Gasteiger partial charge in [0.1, 0.15) is 16.5 Å². The Labute approximate surface area is 309 Å². The summed E-state index contributed by atoms with van der Waals surface area (Å²) in [6.45, 7) is 6.95. The molecule has 3 aromatic carbocycles. The minimum absolute atomic E-state index is 0.00967. The number of thiophene rings is 1. The summed E-state index contributed by atoms with van der Waals surface area (Å²) in [4.78, 5) is 49.6. The molecule has 2 saturated heterocycles. The minimum atomic E-state index is -0.731. The van der Waals surface area contributed by atoms with E-state index >= 15 is 4.39 Å². The van der Waals surface area contributed by atoms with Crippen LogP contribution in [0.15, 0.2) is 79.0 Å². The van der Waals surface area contributed by atoms with Crippen LogP contribution in [0, 0.1) is 30.9 Å². The van der Waals surface area contributed by atoms with E-state index in [1.165, 1.54) is 6.07 Å². The van der Waals surface area contributed by atoms with Crippen LogP contribution in [0.5, 0.6) is 0 Å². The predicted octanol–water partition coefficient (Wildman–Crippen LogP) is 8.03. The lowest BCUT2D eigenvalue weighted by Crippen LogP contribution is -2.59. The van der Waals surface area contributed by atoms with Crippen molar-refractivity contribution in [2.24, 2.45) is 5.41 Å². The van der Waals surface area contributed by atoms with Crippen molar-refractivity contribution in [3.8, 4) is 10.4 Å². The molecule has 8 rings (SSSR count). The van der Waals surface area contributed by atoms with Crippen LogP contribution in [-0.2, 0) is 11.2 Å². The maximum absolute atomic E-state index is 16.0. The zero-order chi connectivity index (χ0) is 36.9. The van der Waals surface area contributed by atoms with E-state index in [4.69, 9.17) is 4.74 Å². The molecule has 0 aliphatic carbocycles. The van der Waals surface area contributed by atoms with Gasteiger partial charge in [-0.05, 0) is 86.7 Å². The van der Waals surface area contributed by atoms with Gasteiger partial charge >= 0.3 is 0 Å². The Bertz CT molecular complexity index is 2240. The van der Waals surface area contributed by atoms with Gasteiger partial charge in [-0.15, -0.1) is 11.3 Å². The van der Waals surface area contributed by atoms with Crippen molar-refractivity contribution < 1.29 is 27.9 Å². The summed E-state index contributed by atoms with van der Waals surface area (Å²) in [6.07, 6.45) is 3.96. The van der Waals surface area contributed by atoms with Crippen LogP contribution in [0.1, 0.15) is 59.9 Å². The fourth-order valence-corrected chi connectivity index (χ4v) is 8.67. The maximum Gasteiger partial charge on any atom is 0.268 e. The normalized spacial score (nSPS) is 15.9. The Hall–Kier alpha value is -5.46. The molecule has 9 nitrogen and oxygen atoms in total. The topological polar surface area (TPSA) is 104 Å². The number of aryl methyl sites for hydroxylation is 2. The fraction of sp³-hybridized carbons (Fsp3) is 0.268. The molecular formula is C41H37F2N5O4S. The fourth-order valence-electron chi connectivity index (χ4n) is 7.51. The third kappa shape index (κ3) is 6.46. The minimum Gasteiger partial charge on any atom is -0.381 e. The Kier molecular flexibility index (Phi) is 9.03. The van der Waals surface area contributed by atoms with Crippen molar-refractivity contribution in [2.45, 2.75) is 33.1 Å². The van der Waals surface area contributed by atoms with Gasteiger partial charge < -0.3 is 25.2 Å². The number of fused-ring (bicyclic) bond motifs is 3. The van der Waals surface area contributed by atoms with E-state index in [1.807, 2.05) is 13.0 Å². The van der Waals surface area contributed by atoms with Gasteiger partial charge in [0.2, 0.25) is 0 Å². The van der Waals surface area contributed by atoms with E-state index in [1.54, 1.807) is 78.7 Å². The van der Waals surface area contributed by atoms with E-state index in [9.17, 15) is 18.8 Å². The lowest BCUT2D eigenvalue weighted by molar-refractivity contribution is -0.000511. The number of aromatic nitrogens is 1. The largest absolute Gasteiger partial charge is 0.381 e. The number of halogens is 2. The summed E-state index contributed by atoms with van der Waals surface area (Å²) < 4.78 is 36.0. The van der Waals surface area contributed by atoms with Crippen LogP contribution < -0.4 is 20.4 Å². The quantitative estimate of drug-likeness (QED) is 0.183. The number of amides is 3. The monoisotopic (exact) mass is 733 g/mol. The average Bonchev–Trinajstić information content (AvgIpc) is 3.38. The van der Waals surface area contributed by atoms with E-state index in [2.05, 4.69) is 20.5 Å². The second-order valence-corrected chi connectivity index (χ2v) is 15.1. The molecule has 1 spiro atoms. The lowest BCUT2D eigenvalue weighted by atomic mass is 9.73. The van der Waals surface area contributed by atoms with Gasteiger partial charge in [0.15, 0.2) is 5.82 Å². The number of carbonyl (C=O) groups is 3. The van der Waals surface area contributed by atoms with Crippen molar-refractivity contribution in [1.29, 1.82) is 0 Å². The summed E-state index contributed by atoms with van der Waals surface area (Å²) in [6, 6.07) is 20.2. The molecule has 5 heterocycles. The first-order valence-corrected chi connectivity index (χ1v) is 18.4. The number of rotatable bonds is 6. The standard InChI is InChI=1S/C41H37F2N5O4S/c1-24-20-30(37(44-21-24)47-22-41(23-47)15-18-52-19-16-41)38(49)45-27-12-10-26(11-13-27)40(51)48-17-14-29-33(43)36(53-35(29)28-7-3-4-9-32(28)48)39(50)46-34-25(2)6-5-8-31(34)42/h3-13,20-21H,14-19,22-23H2,1-2H3,(H,45,49)(H,46,50). The molecule has 270 valence electrons. The van der Waals surface area contributed by atoms with E-state index in [0.29, 0.717) is 49.9 Å². The average molecular weight is 734 g/mol. The molecule has 53 heavy (non-hydrogen) atoms. The van der Waals surface area contributed by atoms with Gasteiger partial charge in [0.25, 0.3) is 17.7 Å². The first kappa shape index (κ1) is 34.6. The number of nitrogens with one attached hydrogen (secondary N) is 2. The highest BCUT2D eigenvalue weighted by molar-refractivity contribution is 7.17. The van der Waals surface area contributed by atoms with Gasteiger partial charge in [-0.3, -0.25) is 14.4 Å². The molecule has 0 saturated carbocycles. The van der Waals surface area contributed by atoms with E-state index in [0.717, 1.165) is 56.0 Å². The summed E-state index contributed by atoms with van der Waals surface area (Å²) >= 11 is 0.986. The Morgan fingerprint density at radius 2 is 1.66 bits per heavy atom. The van der Waals surface area contributed by atoms with Crippen molar-refractivity contribution >= 4 is 51.9 Å². The molecule has 0 bridgehead atoms. The van der Waals surface area contributed by atoms with Crippen LogP contribution in [0.3, 0.4) is 0 Å². The third-order valence-electron chi connectivity index (χ3n) is 10.4. The summed E-state index contributed by atoms with van der Waals surface area (Å²) in [7, 11) is 0. The van der Waals surface area contributed by atoms with E-state index < -0.39 is 17.5 Å². The Balaban J connectivity index is 0.991. The van der Waals surface area contributed by atoms with Crippen molar-refractivity contribution in [2.75, 3.05) is 53.3 Å². The highest BCUT2D eigenvalue weighted by atomic mass is 32.1. The van der Waals surface area contributed by atoms with Crippen molar-refractivity contribution in [1.82, 2.24) is 4.98 Å². The molecule has 2 N–H and O–H groups in total. The molecule has 5 aromatic rings. The molecule has 2 aromatic heterocycles. The van der Waals surface area contributed by atoms with Gasteiger partial charge in [-0.2, -0.15) is 0 Å². The molecule has 3 aliphatic rings. The first-order valence-electron chi connectivity index (χ1n) is 17.6. The second-order valence-electron chi connectivity index (χ2n) is 14.0. The number of ether oxygens (including phenoxy) is 1. The van der Waals surface area contributed by atoms with Crippen LogP contribution in [0.2, 0.25) is 0 Å². The molecule has 3 amide bonds. The molecule has 2 fully saturated rings. The van der Waals surface area contributed by atoms with Crippen molar-refractivity contribution in [3.05, 3.63) is 123 Å². The summed E-state index contributed by atoms with van der Waals surface area (Å²) in [5.41, 5.74) is 4.58. The van der Waals surface area contributed by atoms with E-state index in [-0.39, 0.29) is 40.8 Å². The van der Waals surface area contributed by atoms with Gasteiger partial charge in [-0.1, -0.05) is 30.3 Å². The first-order chi connectivity index (χ1) is 25.6. The number of para-hydroxylation sites is 2. The number of nitrogens with zero attached hydrogens (tertiary/aromatic N) is 3. The number of hydrogen-bond donors (Lipinski definition) is 2. The predicted molar refractivity (Wildman–Crippen MR) is 202 cm³/mol.